The molecule has 0 saturated heterocycles. The molecule has 0 N–H and O–H groups in total. The predicted octanol–water partition coefficient (Wildman–Crippen LogP) is 5.40. The van der Waals surface area contributed by atoms with Crippen LogP contribution in [0.2, 0.25) is 0 Å². The standard InChI is InChI=1S/C21H25NO/c1-20(2)18-10-9-16(11-15-7-5-4-6-8-15)12-21(18,3)13-17-14-22-23-19(17)20/h4-8,11,14,18H,9-10,12-13H2,1-3H3/t18-,21-/m0/s1. The van der Waals surface area contributed by atoms with Gasteiger partial charge in [0.2, 0.25) is 0 Å². The van der Waals surface area contributed by atoms with Crippen LogP contribution >= 0.6 is 0 Å². The van der Waals surface area contributed by atoms with E-state index in [4.69, 9.17) is 4.52 Å². The van der Waals surface area contributed by atoms with E-state index in [9.17, 15) is 0 Å². The molecule has 2 heteroatoms. The third kappa shape index (κ3) is 2.36. The molecule has 4 rings (SSSR count). The minimum atomic E-state index is 0.0805. The number of allylic oxidation sites excluding steroid dienone is 1. The first-order chi connectivity index (χ1) is 11.0. The van der Waals surface area contributed by atoms with Gasteiger partial charge in [0, 0.05) is 11.0 Å². The van der Waals surface area contributed by atoms with Crippen molar-refractivity contribution in [2.75, 3.05) is 0 Å². The SMILES string of the molecule is CC1(C)c2oncc2C[C@]2(C)CC(=Cc3ccccc3)CC[C@@H]12. The Morgan fingerprint density at radius 3 is 2.70 bits per heavy atom. The lowest BCUT2D eigenvalue weighted by Crippen LogP contribution is -2.48. The van der Waals surface area contributed by atoms with Crippen molar-refractivity contribution in [2.45, 2.75) is 51.9 Å². The topological polar surface area (TPSA) is 26.0 Å². The Balaban J connectivity index is 1.68. The molecule has 1 heterocycles. The summed E-state index contributed by atoms with van der Waals surface area (Å²) in [6.45, 7) is 7.14. The van der Waals surface area contributed by atoms with E-state index >= 15 is 0 Å². The molecular weight excluding hydrogens is 282 g/mol. The highest BCUT2D eigenvalue weighted by molar-refractivity contribution is 5.53. The van der Waals surface area contributed by atoms with Gasteiger partial charge in [0.15, 0.2) is 0 Å². The van der Waals surface area contributed by atoms with Gasteiger partial charge in [-0.1, -0.05) is 67.9 Å². The van der Waals surface area contributed by atoms with Crippen molar-refractivity contribution in [2.24, 2.45) is 11.3 Å². The fourth-order valence-electron chi connectivity index (χ4n) is 5.24. The predicted molar refractivity (Wildman–Crippen MR) is 93.1 cm³/mol. The number of benzene rings is 1. The Morgan fingerprint density at radius 2 is 1.91 bits per heavy atom. The Hall–Kier alpha value is -1.83. The highest BCUT2D eigenvalue weighted by Crippen LogP contribution is 2.57. The van der Waals surface area contributed by atoms with E-state index in [1.165, 1.54) is 30.4 Å². The molecule has 0 amide bonds. The first kappa shape index (κ1) is 14.7. The number of rotatable bonds is 1. The first-order valence-corrected chi connectivity index (χ1v) is 8.67. The Labute approximate surface area is 138 Å². The van der Waals surface area contributed by atoms with Crippen LogP contribution in [0.1, 0.15) is 56.9 Å². The summed E-state index contributed by atoms with van der Waals surface area (Å²) in [7, 11) is 0. The normalized spacial score (nSPS) is 30.7. The van der Waals surface area contributed by atoms with Crippen molar-refractivity contribution < 1.29 is 4.52 Å². The van der Waals surface area contributed by atoms with Crippen LogP contribution in [0.15, 0.2) is 46.6 Å². The minimum Gasteiger partial charge on any atom is -0.361 e. The van der Waals surface area contributed by atoms with E-state index in [1.54, 1.807) is 5.57 Å². The summed E-state index contributed by atoms with van der Waals surface area (Å²) < 4.78 is 5.62. The van der Waals surface area contributed by atoms with Gasteiger partial charge in [-0.25, -0.2) is 0 Å². The third-order valence-electron chi connectivity index (χ3n) is 6.09. The molecule has 2 aliphatic rings. The molecule has 1 saturated carbocycles. The molecule has 120 valence electrons. The maximum atomic E-state index is 5.62. The lowest BCUT2D eigenvalue weighted by molar-refractivity contribution is 0.0470. The largest absolute Gasteiger partial charge is 0.361 e. The van der Waals surface area contributed by atoms with Gasteiger partial charge in [0.1, 0.15) is 5.76 Å². The average Bonchev–Trinajstić information content (AvgIpc) is 2.96. The van der Waals surface area contributed by atoms with Crippen molar-refractivity contribution in [1.29, 1.82) is 0 Å². The van der Waals surface area contributed by atoms with Gasteiger partial charge in [-0.05, 0) is 42.6 Å². The average molecular weight is 307 g/mol. The van der Waals surface area contributed by atoms with Crippen LogP contribution < -0.4 is 0 Å². The maximum absolute atomic E-state index is 5.62. The molecule has 0 unspecified atom stereocenters. The van der Waals surface area contributed by atoms with Gasteiger partial charge in [-0.15, -0.1) is 0 Å². The summed E-state index contributed by atoms with van der Waals surface area (Å²) in [5.41, 5.74) is 4.61. The summed E-state index contributed by atoms with van der Waals surface area (Å²) >= 11 is 0. The van der Waals surface area contributed by atoms with E-state index in [-0.39, 0.29) is 5.41 Å². The lowest BCUT2D eigenvalue weighted by atomic mass is 9.51. The summed E-state index contributed by atoms with van der Waals surface area (Å²) in [5, 5.41) is 4.09. The number of aromatic nitrogens is 1. The molecule has 23 heavy (non-hydrogen) atoms. The van der Waals surface area contributed by atoms with Crippen LogP contribution in [0.3, 0.4) is 0 Å². The van der Waals surface area contributed by atoms with Crippen molar-refractivity contribution in [3.8, 4) is 0 Å². The monoisotopic (exact) mass is 307 g/mol. The van der Waals surface area contributed by atoms with Gasteiger partial charge in [0.25, 0.3) is 0 Å². The van der Waals surface area contributed by atoms with Crippen LogP contribution in [0, 0.1) is 11.3 Å². The quantitative estimate of drug-likeness (QED) is 0.705. The summed E-state index contributed by atoms with van der Waals surface area (Å²) in [6, 6.07) is 10.7. The van der Waals surface area contributed by atoms with E-state index in [1.807, 2.05) is 6.20 Å². The molecule has 0 bridgehead atoms. The molecule has 0 spiro atoms. The molecule has 0 aliphatic heterocycles. The van der Waals surface area contributed by atoms with E-state index in [0.717, 1.165) is 12.2 Å². The molecule has 2 atom stereocenters. The number of fused-ring (bicyclic) bond motifs is 2. The van der Waals surface area contributed by atoms with E-state index in [2.05, 4.69) is 62.3 Å². The Bertz CT molecular complexity index is 740. The van der Waals surface area contributed by atoms with Crippen LogP contribution in [-0.2, 0) is 11.8 Å². The molecule has 1 aromatic carbocycles. The molecular formula is C21H25NO. The van der Waals surface area contributed by atoms with Gasteiger partial charge in [0.05, 0.1) is 6.20 Å². The molecule has 1 aromatic heterocycles. The van der Waals surface area contributed by atoms with Crippen LogP contribution in [0.4, 0.5) is 0 Å². The number of hydrogen-bond acceptors (Lipinski definition) is 2. The fourth-order valence-corrected chi connectivity index (χ4v) is 5.24. The zero-order valence-corrected chi connectivity index (χ0v) is 14.3. The number of nitrogens with zero attached hydrogens (tertiary/aromatic N) is 1. The van der Waals surface area contributed by atoms with Gasteiger partial charge in [-0.2, -0.15) is 0 Å². The van der Waals surface area contributed by atoms with E-state index in [0.29, 0.717) is 11.3 Å². The second kappa shape index (κ2) is 5.09. The zero-order chi connectivity index (χ0) is 16.1. The zero-order valence-electron chi connectivity index (χ0n) is 14.3. The second-order valence-corrected chi connectivity index (χ2v) is 8.21. The van der Waals surface area contributed by atoms with Crippen molar-refractivity contribution in [1.82, 2.24) is 5.16 Å². The highest BCUT2D eigenvalue weighted by atomic mass is 16.5. The van der Waals surface area contributed by atoms with Gasteiger partial charge >= 0.3 is 0 Å². The fraction of sp³-hybridized carbons (Fsp3) is 0.476. The van der Waals surface area contributed by atoms with Gasteiger partial charge in [-0.3, -0.25) is 0 Å². The minimum absolute atomic E-state index is 0.0805. The van der Waals surface area contributed by atoms with Crippen LogP contribution in [0.25, 0.3) is 6.08 Å². The second-order valence-electron chi connectivity index (χ2n) is 8.21. The smallest absolute Gasteiger partial charge is 0.145 e. The highest BCUT2D eigenvalue weighted by Gasteiger charge is 2.52. The molecule has 2 aliphatic carbocycles. The Morgan fingerprint density at radius 1 is 1.13 bits per heavy atom. The molecule has 2 nitrogen and oxygen atoms in total. The van der Waals surface area contributed by atoms with Crippen LogP contribution in [-0.4, -0.2) is 5.16 Å². The van der Waals surface area contributed by atoms with Crippen molar-refractivity contribution in [3.05, 3.63) is 59.0 Å². The summed E-state index contributed by atoms with van der Waals surface area (Å²) in [6.07, 6.45) is 9.04. The van der Waals surface area contributed by atoms with Crippen LogP contribution in [0.5, 0.6) is 0 Å². The Kier molecular flexibility index (Phi) is 3.26. The first-order valence-electron chi connectivity index (χ1n) is 8.67. The number of hydrogen-bond donors (Lipinski definition) is 0. The summed E-state index contributed by atoms with van der Waals surface area (Å²) in [4.78, 5) is 0. The molecule has 0 radical (unpaired) electrons. The van der Waals surface area contributed by atoms with E-state index < -0.39 is 0 Å². The van der Waals surface area contributed by atoms with Crippen molar-refractivity contribution in [3.63, 3.8) is 0 Å². The summed E-state index contributed by atoms with van der Waals surface area (Å²) in [5.74, 6) is 1.78. The van der Waals surface area contributed by atoms with Crippen molar-refractivity contribution >= 4 is 6.08 Å². The molecule has 1 fully saturated rings. The molecule has 2 aromatic rings. The maximum Gasteiger partial charge on any atom is 0.145 e. The van der Waals surface area contributed by atoms with Gasteiger partial charge < -0.3 is 4.52 Å². The third-order valence-corrected chi connectivity index (χ3v) is 6.09. The lowest BCUT2D eigenvalue weighted by Gasteiger charge is -2.52.